The first-order chi connectivity index (χ1) is 11.0. The molecule has 0 radical (unpaired) electrons. The van der Waals surface area contributed by atoms with Gasteiger partial charge in [-0.2, -0.15) is 0 Å². The molecule has 0 fully saturated rings. The number of rotatable bonds is 7. The molecule has 0 atom stereocenters. The summed E-state index contributed by atoms with van der Waals surface area (Å²) in [4.78, 5) is 11.8. The number of carbonyl (C=O) groups is 1. The second-order valence-electron chi connectivity index (χ2n) is 5.96. The van der Waals surface area contributed by atoms with Gasteiger partial charge < -0.3 is 9.47 Å². The fourth-order valence-electron chi connectivity index (χ4n) is 2.14. The lowest BCUT2D eigenvalue weighted by Gasteiger charge is -2.09. The second kappa shape index (κ2) is 8.37. The third-order valence-electron chi connectivity index (χ3n) is 3.59. The minimum absolute atomic E-state index is 0.229. The summed E-state index contributed by atoms with van der Waals surface area (Å²) < 4.78 is 10.9. The van der Waals surface area contributed by atoms with Crippen LogP contribution in [0.15, 0.2) is 48.5 Å². The molecule has 122 valence electrons. The number of hydrogen-bond acceptors (Lipinski definition) is 3. The summed E-state index contributed by atoms with van der Waals surface area (Å²) in [6.07, 6.45) is 0.981. The van der Waals surface area contributed by atoms with E-state index in [0.29, 0.717) is 31.1 Å². The highest BCUT2D eigenvalue weighted by atomic mass is 16.5. The minimum Gasteiger partial charge on any atom is -0.494 e. The Morgan fingerprint density at radius 1 is 0.957 bits per heavy atom. The van der Waals surface area contributed by atoms with E-state index in [4.69, 9.17) is 9.47 Å². The Labute approximate surface area is 138 Å². The number of esters is 1. The van der Waals surface area contributed by atoms with Crippen LogP contribution in [0.1, 0.15) is 43.7 Å². The Morgan fingerprint density at radius 3 is 2.17 bits per heavy atom. The molecule has 0 saturated carbocycles. The monoisotopic (exact) mass is 312 g/mol. The molecule has 0 aromatic heterocycles. The van der Waals surface area contributed by atoms with E-state index in [2.05, 4.69) is 26.0 Å². The maximum atomic E-state index is 11.8. The van der Waals surface area contributed by atoms with Crippen LogP contribution in [0.4, 0.5) is 0 Å². The van der Waals surface area contributed by atoms with Crippen molar-refractivity contribution in [2.75, 3.05) is 6.61 Å². The molecule has 23 heavy (non-hydrogen) atoms. The van der Waals surface area contributed by atoms with Crippen LogP contribution in [0.3, 0.4) is 0 Å². The van der Waals surface area contributed by atoms with Gasteiger partial charge in [-0.1, -0.05) is 43.7 Å². The summed E-state index contributed by atoms with van der Waals surface area (Å²) in [5, 5.41) is 0. The summed E-state index contributed by atoms with van der Waals surface area (Å²) in [6.45, 7) is 6.83. The fourth-order valence-corrected chi connectivity index (χ4v) is 2.14. The molecule has 0 unspecified atom stereocenters. The van der Waals surface area contributed by atoms with Crippen molar-refractivity contribution in [3.05, 3.63) is 59.7 Å². The Morgan fingerprint density at radius 2 is 1.57 bits per heavy atom. The van der Waals surface area contributed by atoms with Gasteiger partial charge in [0.05, 0.1) is 6.61 Å². The predicted molar refractivity (Wildman–Crippen MR) is 92.1 cm³/mol. The van der Waals surface area contributed by atoms with Gasteiger partial charge in [-0.25, -0.2) is 0 Å². The molecule has 2 rings (SSSR count). The summed E-state index contributed by atoms with van der Waals surface area (Å²) in [7, 11) is 0. The average molecular weight is 312 g/mol. The van der Waals surface area contributed by atoms with Crippen LogP contribution in [-0.4, -0.2) is 12.6 Å². The predicted octanol–water partition coefficient (Wildman–Crippen LogP) is 4.88. The van der Waals surface area contributed by atoms with Crippen LogP contribution in [0.5, 0.6) is 11.5 Å². The summed E-state index contributed by atoms with van der Waals surface area (Å²) in [6, 6.07) is 15.6. The first-order valence-corrected chi connectivity index (χ1v) is 8.04. The molecule has 2 aromatic carbocycles. The van der Waals surface area contributed by atoms with E-state index in [0.717, 1.165) is 11.3 Å². The van der Waals surface area contributed by atoms with Gasteiger partial charge in [-0.3, -0.25) is 4.79 Å². The molecule has 3 heteroatoms. The number of ether oxygens (including phenoxy) is 2. The molecule has 0 heterocycles. The zero-order valence-corrected chi connectivity index (χ0v) is 14.0. The normalized spacial score (nSPS) is 10.6. The summed E-state index contributed by atoms with van der Waals surface area (Å²) in [5.41, 5.74) is 2.43. The van der Waals surface area contributed by atoms with E-state index < -0.39 is 0 Å². The molecule has 0 bridgehead atoms. The van der Waals surface area contributed by atoms with Crippen molar-refractivity contribution in [1.29, 1.82) is 0 Å². The zero-order chi connectivity index (χ0) is 16.7. The van der Waals surface area contributed by atoms with Crippen LogP contribution in [0.25, 0.3) is 0 Å². The van der Waals surface area contributed by atoms with Gasteiger partial charge in [-0.15, -0.1) is 0 Å². The van der Waals surface area contributed by atoms with E-state index >= 15 is 0 Å². The Hall–Kier alpha value is -2.29. The van der Waals surface area contributed by atoms with E-state index in [9.17, 15) is 4.79 Å². The highest BCUT2D eigenvalue weighted by Crippen LogP contribution is 2.19. The second-order valence-corrected chi connectivity index (χ2v) is 5.96. The van der Waals surface area contributed by atoms with Crippen LogP contribution >= 0.6 is 0 Å². The fraction of sp³-hybridized carbons (Fsp3) is 0.350. The third-order valence-corrected chi connectivity index (χ3v) is 3.59. The zero-order valence-electron chi connectivity index (χ0n) is 14.0. The molecule has 0 spiro atoms. The van der Waals surface area contributed by atoms with Gasteiger partial charge in [0.1, 0.15) is 11.5 Å². The SMILES string of the molecule is Cc1ccc(OC(=O)CCCOc2ccc(C(C)C)cc2)cc1. The molecule has 0 N–H and O–H groups in total. The summed E-state index contributed by atoms with van der Waals surface area (Å²) >= 11 is 0. The highest BCUT2D eigenvalue weighted by Gasteiger charge is 2.05. The van der Waals surface area contributed by atoms with E-state index in [1.165, 1.54) is 5.56 Å². The van der Waals surface area contributed by atoms with Crippen molar-refractivity contribution >= 4 is 5.97 Å². The first-order valence-electron chi connectivity index (χ1n) is 8.04. The Bertz CT molecular complexity index is 612. The third kappa shape index (κ3) is 5.78. The topological polar surface area (TPSA) is 35.5 Å². The Kier molecular flexibility index (Phi) is 6.21. The number of benzene rings is 2. The van der Waals surface area contributed by atoms with Gasteiger partial charge in [-0.05, 0) is 49.1 Å². The van der Waals surface area contributed by atoms with Crippen LogP contribution in [0, 0.1) is 6.92 Å². The van der Waals surface area contributed by atoms with Crippen LogP contribution in [0.2, 0.25) is 0 Å². The maximum absolute atomic E-state index is 11.8. The van der Waals surface area contributed by atoms with Crippen molar-refractivity contribution in [1.82, 2.24) is 0 Å². The molecular weight excluding hydrogens is 288 g/mol. The lowest BCUT2D eigenvalue weighted by Crippen LogP contribution is -2.09. The van der Waals surface area contributed by atoms with Crippen LogP contribution < -0.4 is 9.47 Å². The molecule has 0 aliphatic heterocycles. The maximum Gasteiger partial charge on any atom is 0.311 e. The van der Waals surface area contributed by atoms with Crippen LogP contribution in [-0.2, 0) is 4.79 Å². The van der Waals surface area contributed by atoms with Crippen molar-refractivity contribution in [3.8, 4) is 11.5 Å². The molecule has 0 aliphatic carbocycles. The first kappa shape index (κ1) is 17.1. The molecule has 2 aromatic rings. The standard InChI is InChI=1S/C20H24O3/c1-15(2)17-8-12-18(13-9-17)22-14-4-5-20(21)23-19-10-6-16(3)7-11-19/h6-13,15H,4-5,14H2,1-3H3. The quantitative estimate of drug-likeness (QED) is 0.415. The van der Waals surface area contributed by atoms with Gasteiger partial charge in [0.25, 0.3) is 0 Å². The van der Waals surface area contributed by atoms with E-state index in [1.54, 1.807) is 12.1 Å². The average Bonchev–Trinajstić information content (AvgIpc) is 2.54. The van der Waals surface area contributed by atoms with Gasteiger partial charge in [0.2, 0.25) is 0 Å². The number of aryl methyl sites for hydroxylation is 1. The Balaban J connectivity index is 1.68. The van der Waals surface area contributed by atoms with Gasteiger partial charge in [0, 0.05) is 6.42 Å². The highest BCUT2D eigenvalue weighted by molar-refractivity contribution is 5.72. The molecular formula is C20H24O3. The van der Waals surface area contributed by atoms with Gasteiger partial charge in [0.15, 0.2) is 0 Å². The lowest BCUT2D eigenvalue weighted by molar-refractivity contribution is -0.134. The van der Waals surface area contributed by atoms with Crippen molar-refractivity contribution in [3.63, 3.8) is 0 Å². The van der Waals surface area contributed by atoms with Crippen molar-refractivity contribution < 1.29 is 14.3 Å². The molecule has 0 aliphatic rings. The minimum atomic E-state index is -0.229. The van der Waals surface area contributed by atoms with E-state index in [1.807, 2.05) is 31.2 Å². The van der Waals surface area contributed by atoms with Crippen molar-refractivity contribution in [2.45, 2.75) is 39.5 Å². The van der Waals surface area contributed by atoms with Gasteiger partial charge >= 0.3 is 5.97 Å². The van der Waals surface area contributed by atoms with E-state index in [-0.39, 0.29) is 5.97 Å². The van der Waals surface area contributed by atoms with Crippen molar-refractivity contribution in [2.24, 2.45) is 0 Å². The molecule has 0 amide bonds. The summed E-state index contributed by atoms with van der Waals surface area (Å²) in [5.74, 6) is 1.71. The smallest absolute Gasteiger partial charge is 0.311 e. The number of hydrogen-bond donors (Lipinski definition) is 0. The molecule has 0 saturated heterocycles. The molecule has 3 nitrogen and oxygen atoms in total. The lowest BCUT2D eigenvalue weighted by atomic mass is 10.0. The number of carbonyl (C=O) groups excluding carboxylic acids is 1. The largest absolute Gasteiger partial charge is 0.494 e.